The van der Waals surface area contributed by atoms with E-state index >= 15 is 0 Å². The quantitative estimate of drug-likeness (QED) is 0.758. The SMILES string of the molecule is O=C(COC1CCOC1)c1cccc(Cl)c1. The van der Waals surface area contributed by atoms with E-state index in [1.807, 2.05) is 0 Å². The van der Waals surface area contributed by atoms with E-state index in [2.05, 4.69) is 0 Å². The van der Waals surface area contributed by atoms with Gasteiger partial charge in [-0.15, -0.1) is 0 Å². The molecule has 0 amide bonds. The number of ketones is 1. The molecule has 0 saturated carbocycles. The lowest BCUT2D eigenvalue weighted by Gasteiger charge is -2.08. The fourth-order valence-corrected chi connectivity index (χ4v) is 1.77. The molecule has 1 aromatic rings. The number of rotatable bonds is 4. The number of carbonyl (C=O) groups excluding carboxylic acids is 1. The van der Waals surface area contributed by atoms with Gasteiger partial charge in [0.05, 0.1) is 12.7 Å². The maximum atomic E-state index is 11.7. The van der Waals surface area contributed by atoms with Gasteiger partial charge in [0.25, 0.3) is 0 Å². The third kappa shape index (κ3) is 3.04. The van der Waals surface area contributed by atoms with Crippen molar-refractivity contribution >= 4 is 17.4 Å². The highest BCUT2D eigenvalue weighted by Gasteiger charge is 2.17. The van der Waals surface area contributed by atoms with Crippen molar-refractivity contribution in [1.29, 1.82) is 0 Å². The Labute approximate surface area is 99.3 Å². The van der Waals surface area contributed by atoms with Crippen molar-refractivity contribution in [2.45, 2.75) is 12.5 Å². The van der Waals surface area contributed by atoms with Crippen LogP contribution in [-0.2, 0) is 9.47 Å². The van der Waals surface area contributed by atoms with Gasteiger partial charge in [-0.1, -0.05) is 23.7 Å². The molecule has 16 heavy (non-hydrogen) atoms. The summed E-state index contributed by atoms with van der Waals surface area (Å²) in [5, 5.41) is 0.565. The van der Waals surface area contributed by atoms with Crippen molar-refractivity contribution in [2.75, 3.05) is 19.8 Å². The largest absolute Gasteiger partial charge is 0.379 e. The highest BCUT2D eigenvalue weighted by Crippen LogP contribution is 2.13. The zero-order valence-corrected chi connectivity index (χ0v) is 9.57. The number of hydrogen-bond acceptors (Lipinski definition) is 3. The zero-order chi connectivity index (χ0) is 11.4. The van der Waals surface area contributed by atoms with Gasteiger partial charge >= 0.3 is 0 Å². The van der Waals surface area contributed by atoms with E-state index in [0.717, 1.165) is 13.0 Å². The monoisotopic (exact) mass is 240 g/mol. The van der Waals surface area contributed by atoms with Crippen LogP contribution in [0, 0.1) is 0 Å². The van der Waals surface area contributed by atoms with E-state index in [4.69, 9.17) is 21.1 Å². The maximum absolute atomic E-state index is 11.7. The summed E-state index contributed by atoms with van der Waals surface area (Å²) in [6.07, 6.45) is 0.922. The Morgan fingerprint density at radius 2 is 2.44 bits per heavy atom. The number of ether oxygens (including phenoxy) is 2. The molecule has 0 aliphatic carbocycles. The van der Waals surface area contributed by atoms with E-state index in [1.54, 1.807) is 24.3 Å². The molecule has 0 bridgehead atoms. The molecule has 1 unspecified atom stereocenters. The molecule has 1 atom stereocenters. The Morgan fingerprint density at radius 3 is 3.12 bits per heavy atom. The molecule has 86 valence electrons. The van der Waals surface area contributed by atoms with Crippen LogP contribution in [0.4, 0.5) is 0 Å². The van der Waals surface area contributed by atoms with Gasteiger partial charge in [0.1, 0.15) is 6.61 Å². The number of carbonyl (C=O) groups is 1. The van der Waals surface area contributed by atoms with Crippen LogP contribution in [0.15, 0.2) is 24.3 Å². The van der Waals surface area contributed by atoms with E-state index in [-0.39, 0.29) is 18.5 Å². The van der Waals surface area contributed by atoms with Crippen LogP contribution in [-0.4, -0.2) is 31.7 Å². The van der Waals surface area contributed by atoms with E-state index in [0.29, 0.717) is 17.2 Å². The van der Waals surface area contributed by atoms with Gasteiger partial charge < -0.3 is 9.47 Å². The number of Topliss-reactive ketones (excluding diaryl/α,β-unsaturated/α-hetero) is 1. The Bertz CT molecular complexity index is 372. The third-order valence-corrected chi connectivity index (χ3v) is 2.72. The highest BCUT2D eigenvalue weighted by molar-refractivity contribution is 6.31. The van der Waals surface area contributed by atoms with Crippen LogP contribution >= 0.6 is 11.6 Å². The molecule has 3 nitrogen and oxygen atoms in total. The van der Waals surface area contributed by atoms with Crippen LogP contribution < -0.4 is 0 Å². The van der Waals surface area contributed by atoms with Gasteiger partial charge in [-0.05, 0) is 18.6 Å². The fraction of sp³-hybridized carbons (Fsp3) is 0.417. The second-order valence-corrected chi connectivity index (χ2v) is 4.17. The topological polar surface area (TPSA) is 35.5 Å². The molecule has 1 saturated heterocycles. The predicted molar refractivity (Wildman–Crippen MR) is 61.0 cm³/mol. The second-order valence-electron chi connectivity index (χ2n) is 3.73. The molecule has 1 aromatic carbocycles. The summed E-state index contributed by atoms with van der Waals surface area (Å²) >= 11 is 5.80. The van der Waals surface area contributed by atoms with E-state index in [9.17, 15) is 4.79 Å². The number of halogens is 1. The summed E-state index contributed by atoms with van der Waals surface area (Å²) < 4.78 is 10.6. The van der Waals surface area contributed by atoms with Gasteiger partial charge in [0.15, 0.2) is 5.78 Å². The predicted octanol–water partition coefficient (Wildman–Crippen LogP) is 2.33. The van der Waals surface area contributed by atoms with E-state index in [1.165, 1.54) is 0 Å². The van der Waals surface area contributed by atoms with Crippen molar-refractivity contribution in [1.82, 2.24) is 0 Å². The van der Waals surface area contributed by atoms with E-state index < -0.39 is 0 Å². The van der Waals surface area contributed by atoms with Gasteiger partial charge in [-0.25, -0.2) is 0 Å². The lowest BCUT2D eigenvalue weighted by atomic mass is 10.1. The first-order chi connectivity index (χ1) is 7.75. The Hall–Kier alpha value is -0.900. The smallest absolute Gasteiger partial charge is 0.188 e. The standard InChI is InChI=1S/C12H13ClO3/c13-10-3-1-2-9(6-10)12(14)8-16-11-4-5-15-7-11/h1-3,6,11H,4-5,7-8H2. The normalized spacial score (nSPS) is 19.9. The van der Waals surface area contributed by atoms with Crippen LogP contribution in [0.5, 0.6) is 0 Å². The molecule has 2 rings (SSSR count). The van der Waals surface area contributed by atoms with Crippen LogP contribution in [0.25, 0.3) is 0 Å². The molecule has 0 spiro atoms. The minimum atomic E-state index is -0.0469. The van der Waals surface area contributed by atoms with Crippen LogP contribution in [0.3, 0.4) is 0 Å². The Morgan fingerprint density at radius 1 is 1.56 bits per heavy atom. The average Bonchev–Trinajstić information content (AvgIpc) is 2.78. The van der Waals surface area contributed by atoms with Crippen molar-refractivity contribution in [2.24, 2.45) is 0 Å². The molecule has 0 radical (unpaired) electrons. The summed E-state index contributed by atoms with van der Waals surface area (Å²) in [6, 6.07) is 6.89. The summed E-state index contributed by atoms with van der Waals surface area (Å²) in [5.41, 5.74) is 0.589. The van der Waals surface area contributed by atoms with Crippen molar-refractivity contribution in [3.05, 3.63) is 34.9 Å². The van der Waals surface area contributed by atoms with Crippen LogP contribution in [0.2, 0.25) is 5.02 Å². The first-order valence-corrected chi connectivity index (χ1v) is 5.61. The van der Waals surface area contributed by atoms with Gasteiger partial charge in [0, 0.05) is 17.2 Å². The molecular formula is C12H13ClO3. The lowest BCUT2D eigenvalue weighted by molar-refractivity contribution is 0.0390. The summed E-state index contributed by atoms with van der Waals surface area (Å²) in [5.74, 6) is -0.0469. The van der Waals surface area contributed by atoms with Gasteiger partial charge in [0.2, 0.25) is 0 Å². The van der Waals surface area contributed by atoms with Crippen molar-refractivity contribution in [3.63, 3.8) is 0 Å². The Kier molecular flexibility index (Phi) is 3.93. The highest BCUT2D eigenvalue weighted by atomic mass is 35.5. The molecule has 1 fully saturated rings. The molecule has 1 aliphatic rings. The minimum absolute atomic E-state index is 0.0469. The maximum Gasteiger partial charge on any atom is 0.188 e. The molecular weight excluding hydrogens is 228 g/mol. The molecule has 4 heteroatoms. The van der Waals surface area contributed by atoms with Crippen molar-refractivity contribution < 1.29 is 14.3 Å². The van der Waals surface area contributed by atoms with Crippen molar-refractivity contribution in [3.8, 4) is 0 Å². The molecule has 1 aliphatic heterocycles. The zero-order valence-electron chi connectivity index (χ0n) is 8.82. The summed E-state index contributed by atoms with van der Waals surface area (Å²) in [4.78, 5) is 11.7. The average molecular weight is 241 g/mol. The first-order valence-electron chi connectivity index (χ1n) is 5.24. The number of hydrogen-bond donors (Lipinski definition) is 0. The molecule has 1 heterocycles. The van der Waals surface area contributed by atoms with Gasteiger partial charge in [-0.3, -0.25) is 4.79 Å². The lowest BCUT2D eigenvalue weighted by Crippen LogP contribution is -2.18. The van der Waals surface area contributed by atoms with Crippen LogP contribution in [0.1, 0.15) is 16.8 Å². The Balaban J connectivity index is 1.87. The van der Waals surface area contributed by atoms with Gasteiger partial charge in [-0.2, -0.15) is 0 Å². The summed E-state index contributed by atoms with van der Waals surface area (Å²) in [6.45, 7) is 1.40. The minimum Gasteiger partial charge on any atom is -0.379 e. The number of benzene rings is 1. The molecule has 0 N–H and O–H groups in total. The summed E-state index contributed by atoms with van der Waals surface area (Å²) in [7, 11) is 0. The third-order valence-electron chi connectivity index (χ3n) is 2.48. The second kappa shape index (κ2) is 5.43. The first kappa shape index (κ1) is 11.6. The molecule has 0 aromatic heterocycles. The fourth-order valence-electron chi connectivity index (χ4n) is 1.58.